The van der Waals surface area contributed by atoms with Crippen LogP contribution in [0.1, 0.15) is 29.2 Å². The first-order chi connectivity index (χ1) is 8.99. The Hall–Kier alpha value is -1.75. The van der Waals surface area contributed by atoms with Gasteiger partial charge in [-0.05, 0) is 37.0 Å². The molecular weight excluding hydrogens is 248 g/mol. The van der Waals surface area contributed by atoms with Crippen LogP contribution in [0.2, 0.25) is 0 Å². The summed E-state index contributed by atoms with van der Waals surface area (Å²) < 4.78 is 29.3. The van der Waals surface area contributed by atoms with E-state index in [4.69, 9.17) is 5.73 Å². The molecule has 1 heterocycles. The third kappa shape index (κ3) is 2.98. The molecule has 1 unspecified atom stereocenters. The minimum atomic E-state index is -0.653. The zero-order valence-electron chi connectivity index (χ0n) is 11.0. The van der Waals surface area contributed by atoms with Gasteiger partial charge in [0.05, 0.1) is 6.20 Å². The summed E-state index contributed by atoms with van der Waals surface area (Å²) in [6.07, 6.45) is 4.72. The Labute approximate surface area is 111 Å². The van der Waals surface area contributed by atoms with E-state index < -0.39 is 17.7 Å². The summed E-state index contributed by atoms with van der Waals surface area (Å²) in [6, 6.07) is 2.03. The molecule has 0 amide bonds. The van der Waals surface area contributed by atoms with Gasteiger partial charge < -0.3 is 5.73 Å². The molecule has 0 saturated carbocycles. The second-order valence-electron chi connectivity index (χ2n) is 4.76. The Morgan fingerprint density at radius 1 is 1.37 bits per heavy atom. The molecule has 102 valence electrons. The zero-order valence-corrected chi connectivity index (χ0v) is 11.0. The first-order valence-corrected chi connectivity index (χ1v) is 6.16. The second-order valence-corrected chi connectivity index (χ2v) is 4.76. The summed E-state index contributed by atoms with van der Waals surface area (Å²) in [5.74, 6) is -1.12. The van der Waals surface area contributed by atoms with Crippen molar-refractivity contribution in [3.63, 3.8) is 0 Å². The summed E-state index contributed by atoms with van der Waals surface area (Å²) in [7, 11) is 1.82. The van der Waals surface area contributed by atoms with Crippen LogP contribution in [0.3, 0.4) is 0 Å². The molecule has 1 atom stereocenters. The number of rotatable bonds is 4. The largest absolute Gasteiger partial charge is 0.324 e. The highest BCUT2D eigenvalue weighted by molar-refractivity contribution is 5.29. The molecule has 2 aromatic rings. The van der Waals surface area contributed by atoms with Crippen molar-refractivity contribution < 1.29 is 8.78 Å². The van der Waals surface area contributed by atoms with E-state index in [9.17, 15) is 8.78 Å². The molecule has 0 aliphatic heterocycles. The van der Waals surface area contributed by atoms with Crippen molar-refractivity contribution in [2.24, 2.45) is 12.8 Å². The minimum Gasteiger partial charge on any atom is -0.324 e. The molecule has 2 N–H and O–H groups in total. The topological polar surface area (TPSA) is 43.8 Å². The van der Waals surface area contributed by atoms with Crippen LogP contribution in [-0.2, 0) is 13.5 Å². The van der Waals surface area contributed by atoms with Crippen LogP contribution in [-0.4, -0.2) is 9.78 Å². The smallest absolute Gasteiger partial charge is 0.133 e. The Morgan fingerprint density at radius 2 is 2.11 bits per heavy atom. The van der Waals surface area contributed by atoms with E-state index in [0.29, 0.717) is 18.4 Å². The SMILES string of the molecule is Cc1ccc(F)c(C(N)CCc2cnn(C)c2)c1F. The third-order valence-corrected chi connectivity index (χ3v) is 3.19. The van der Waals surface area contributed by atoms with Crippen LogP contribution >= 0.6 is 0 Å². The lowest BCUT2D eigenvalue weighted by Gasteiger charge is -2.14. The van der Waals surface area contributed by atoms with Crippen molar-refractivity contribution in [2.45, 2.75) is 25.8 Å². The molecule has 19 heavy (non-hydrogen) atoms. The molecule has 0 aliphatic rings. The molecule has 1 aromatic heterocycles. The molecule has 0 radical (unpaired) electrons. The highest BCUT2D eigenvalue weighted by atomic mass is 19.1. The van der Waals surface area contributed by atoms with E-state index in [1.807, 2.05) is 13.2 Å². The van der Waals surface area contributed by atoms with Crippen molar-refractivity contribution >= 4 is 0 Å². The van der Waals surface area contributed by atoms with Crippen molar-refractivity contribution in [2.75, 3.05) is 0 Å². The van der Waals surface area contributed by atoms with Crippen LogP contribution in [0.5, 0.6) is 0 Å². The van der Waals surface area contributed by atoms with Gasteiger partial charge in [0, 0.05) is 24.8 Å². The van der Waals surface area contributed by atoms with Crippen LogP contribution in [0.15, 0.2) is 24.5 Å². The van der Waals surface area contributed by atoms with E-state index in [1.54, 1.807) is 17.8 Å². The maximum absolute atomic E-state index is 13.9. The normalized spacial score (nSPS) is 12.7. The fourth-order valence-corrected chi connectivity index (χ4v) is 2.09. The summed E-state index contributed by atoms with van der Waals surface area (Å²) in [5, 5.41) is 4.04. The lowest BCUT2D eigenvalue weighted by atomic mass is 9.98. The van der Waals surface area contributed by atoms with E-state index >= 15 is 0 Å². The highest BCUT2D eigenvalue weighted by Gasteiger charge is 2.18. The maximum atomic E-state index is 13.9. The molecule has 2 rings (SSSR count). The molecule has 0 aliphatic carbocycles. The summed E-state index contributed by atoms with van der Waals surface area (Å²) in [5.41, 5.74) is 7.31. The van der Waals surface area contributed by atoms with Gasteiger partial charge in [-0.15, -0.1) is 0 Å². The van der Waals surface area contributed by atoms with E-state index in [0.717, 1.165) is 5.56 Å². The molecule has 5 heteroatoms. The van der Waals surface area contributed by atoms with Crippen LogP contribution < -0.4 is 5.73 Å². The monoisotopic (exact) mass is 265 g/mol. The van der Waals surface area contributed by atoms with Gasteiger partial charge in [0.2, 0.25) is 0 Å². The van der Waals surface area contributed by atoms with Crippen molar-refractivity contribution in [1.82, 2.24) is 9.78 Å². The zero-order chi connectivity index (χ0) is 14.0. The van der Waals surface area contributed by atoms with Gasteiger partial charge in [-0.3, -0.25) is 4.68 Å². The fraction of sp³-hybridized carbons (Fsp3) is 0.357. The number of hydrogen-bond donors (Lipinski definition) is 1. The van der Waals surface area contributed by atoms with Crippen molar-refractivity contribution in [1.29, 1.82) is 0 Å². The van der Waals surface area contributed by atoms with Gasteiger partial charge in [-0.1, -0.05) is 6.07 Å². The van der Waals surface area contributed by atoms with Crippen LogP contribution in [0, 0.1) is 18.6 Å². The lowest BCUT2D eigenvalue weighted by Crippen LogP contribution is -2.15. The van der Waals surface area contributed by atoms with Gasteiger partial charge in [-0.25, -0.2) is 8.78 Å². The van der Waals surface area contributed by atoms with Gasteiger partial charge in [-0.2, -0.15) is 5.10 Å². The summed E-state index contributed by atoms with van der Waals surface area (Å²) in [4.78, 5) is 0. The molecule has 0 bridgehead atoms. The average molecular weight is 265 g/mol. The number of nitrogens with zero attached hydrogens (tertiary/aromatic N) is 2. The predicted molar refractivity (Wildman–Crippen MR) is 69.6 cm³/mol. The van der Waals surface area contributed by atoms with Crippen LogP contribution in [0.4, 0.5) is 8.78 Å². The number of benzene rings is 1. The standard InChI is InChI=1S/C14H17F2N3/c1-9-3-5-11(15)13(14(9)16)12(17)6-4-10-7-18-19(2)8-10/h3,5,7-8,12H,4,6,17H2,1-2H3. The molecular formula is C14H17F2N3. The van der Waals surface area contributed by atoms with Gasteiger partial charge >= 0.3 is 0 Å². The Morgan fingerprint density at radius 3 is 2.74 bits per heavy atom. The molecule has 0 saturated heterocycles. The van der Waals surface area contributed by atoms with Gasteiger partial charge in [0.25, 0.3) is 0 Å². The van der Waals surface area contributed by atoms with E-state index in [1.165, 1.54) is 12.1 Å². The lowest BCUT2D eigenvalue weighted by molar-refractivity contribution is 0.508. The quantitative estimate of drug-likeness (QED) is 0.923. The molecule has 0 spiro atoms. The summed E-state index contributed by atoms with van der Waals surface area (Å²) in [6.45, 7) is 1.60. The number of halogens is 2. The highest BCUT2D eigenvalue weighted by Crippen LogP contribution is 2.24. The Kier molecular flexibility index (Phi) is 3.95. The van der Waals surface area contributed by atoms with Crippen molar-refractivity contribution in [3.05, 3.63) is 52.9 Å². The number of hydrogen-bond acceptors (Lipinski definition) is 2. The minimum absolute atomic E-state index is 0.0242. The number of aryl methyl sites for hydroxylation is 3. The van der Waals surface area contributed by atoms with Gasteiger partial charge in [0.15, 0.2) is 0 Å². The Bertz CT molecular complexity index is 578. The molecule has 3 nitrogen and oxygen atoms in total. The number of nitrogens with two attached hydrogens (primary N) is 1. The third-order valence-electron chi connectivity index (χ3n) is 3.19. The van der Waals surface area contributed by atoms with Crippen LogP contribution in [0.25, 0.3) is 0 Å². The van der Waals surface area contributed by atoms with E-state index in [-0.39, 0.29) is 5.56 Å². The maximum Gasteiger partial charge on any atom is 0.133 e. The summed E-state index contributed by atoms with van der Waals surface area (Å²) >= 11 is 0. The fourth-order valence-electron chi connectivity index (χ4n) is 2.09. The van der Waals surface area contributed by atoms with E-state index in [2.05, 4.69) is 5.10 Å². The Balaban J connectivity index is 2.12. The second kappa shape index (κ2) is 5.48. The first-order valence-electron chi connectivity index (χ1n) is 6.16. The number of aromatic nitrogens is 2. The molecule has 1 aromatic carbocycles. The first kappa shape index (κ1) is 13.7. The predicted octanol–water partition coefficient (Wildman–Crippen LogP) is 2.64. The van der Waals surface area contributed by atoms with Crippen molar-refractivity contribution in [3.8, 4) is 0 Å². The average Bonchev–Trinajstić information content (AvgIpc) is 2.78. The molecule has 0 fully saturated rings. The van der Waals surface area contributed by atoms with Gasteiger partial charge in [0.1, 0.15) is 11.6 Å².